The molecule has 0 radical (unpaired) electrons. The number of para-hydroxylation sites is 1. The number of hydrogen-bond acceptors (Lipinski definition) is 3. The van der Waals surface area contributed by atoms with Gasteiger partial charge in [-0.25, -0.2) is 4.39 Å². The van der Waals surface area contributed by atoms with E-state index in [0.717, 1.165) is 36.1 Å². The van der Waals surface area contributed by atoms with Crippen molar-refractivity contribution >= 4 is 28.4 Å². The fourth-order valence-corrected chi connectivity index (χ4v) is 3.87. The molecule has 0 unspecified atom stereocenters. The maximum atomic E-state index is 13.0. The third-order valence-corrected chi connectivity index (χ3v) is 5.47. The van der Waals surface area contributed by atoms with Gasteiger partial charge in [-0.2, -0.15) is 5.10 Å². The van der Waals surface area contributed by atoms with Crippen LogP contribution < -0.4 is 0 Å². The van der Waals surface area contributed by atoms with Crippen molar-refractivity contribution in [3.63, 3.8) is 0 Å². The molecule has 0 atom stereocenters. The summed E-state index contributed by atoms with van der Waals surface area (Å²) in [5.74, 6) is -0.0810. The van der Waals surface area contributed by atoms with E-state index >= 15 is 0 Å². The van der Waals surface area contributed by atoms with Crippen LogP contribution in [0.25, 0.3) is 10.9 Å². The van der Waals surface area contributed by atoms with E-state index in [4.69, 9.17) is 11.6 Å². The van der Waals surface area contributed by atoms with Crippen molar-refractivity contribution in [1.29, 1.82) is 0 Å². The van der Waals surface area contributed by atoms with Crippen molar-refractivity contribution < 1.29 is 9.18 Å². The number of fused-ring (bicyclic) bond motifs is 1. The molecule has 5 nitrogen and oxygen atoms in total. The van der Waals surface area contributed by atoms with Crippen LogP contribution in [0.4, 0.5) is 4.39 Å². The Kier molecular flexibility index (Phi) is 5.59. The Labute approximate surface area is 168 Å². The number of carbonyl (C=O) groups is 1. The van der Waals surface area contributed by atoms with Gasteiger partial charge in [-0.1, -0.05) is 35.9 Å². The van der Waals surface area contributed by atoms with Crippen molar-refractivity contribution in [2.45, 2.75) is 19.5 Å². The van der Waals surface area contributed by atoms with E-state index < -0.39 is 0 Å². The second kappa shape index (κ2) is 8.29. The standard InChI is InChI=1S/C21H22ClFN4O/c22-21-18-3-1-2-4-19(18)27(24-21)10-9-20(28)26-13-11-25(12-14-26)15-16-5-7-17(23)8-6-16/h1-8H,9-15H2. The molecular weight excluding hydrogens is 379 g/mol. The van der Waals surface area contributed by atoms with Crippen molar-refractivity contribution in [2.24, 2.45) is 0 Å². The van der Waals surface area contributed by atoms with Gasteiger partial charge >= 0.3 is 0 Å². The summed E-state index contributed by atoms with van der Waals surface area (Å²) in [6, 6.07) is 14.4. The summed E-state index contributed by atoms with van der Waals surface area (Å²) in [7, 11) is 0. The fourth-order valence-electron chi connectivity index (χ4n) is 3.62. The van der Waals surface area contributed by atoms with Crippen LogP contribution in [0.3, 0.4) is 0 Å². The Morgan fingerprint density at radius 3 is 2.50 bits per heavy atom. The molecule has 28 heavy (non-hydrogen) atoms. The predicted molar refractivity (Wildman–Crippen MR) is 108 cm³/mol. The number of aryl methyl sites for hydroxylation is 1. The maximum Gasteiger partial charge on any atom is 0.224 e. The zero-order chi connectivity index (χ0) is 19.5. The van der Waals surface area contributed by atoms with E-state index in [0.29, 0.717) is 31.2 Å². The van der Waals surface area contributed by atoms with Gasteiger partial charge in [0, 0.05) is 44.5 Å². The van der Waals surface area contributed by atoms with Gasteiger partial charge in [0.05, 0.1) is 12.1 Å². The molecule has 0 bridgehead atoms. The van der Waals surface area contributed by atoms with Crippen LogP contribution in [0.15, 0.2) is 48.5 Å². The lowest BCUT2D eigenvalue weighted by molar-refractivity contribution is -0.133. The third-order valence-electron chi connectivity index (χ3n) is 5.19. The highest BCUT2D eigenvalue weighted by Crippen LogP contribution is 2.22. The zero-order valence-electron chi connectivity index (χ0n) is 15.5. The lowest BCUT2D eigenvalue weighted by Crippen LogP contribution is -2.48. The fraction of sp³-hybridized carbons (Fsp3) is 0.333. The normalized spacial score (nSPS) is 15.3. The minimum Gasteiger partial charge on any atom is -0.340 e. The summed E-state index contributed by atoms with van der Waals surface area (Å²) in [6.07, 6.45) is 0.403. The molecule has 1 fully saturated rings. The van der Waals surface area contributed by atoms with E-state index in [1.165, 1.54) is 12.1 Å². The summed E-state index contributed by atoms with van der Waals surface area (Å²) in [5, 5.41) is 5.73. The van der Waals surface area contributed by atoms with E-state index in [9.17, 15) is 9.18 Å². The molecule has 1 amide bonds. The number of benzene rings is 2. The Bertz CT molecular complexity index is 964. The highest BCUT2D eigenvalue weighted by Gasteiger charge is 2.21. The average molecular weight is 401 g/mol. The minimum atomic E-state index is -0.217. The van der Waals surface area contributed by atoms with Crippen molar-refractivity contribution in [1.82, 2.24) is 19.6 Å². The SMILES string of the molecule is O=C(CCn1nc(Cl)c2ccccc21)N1CCN(Cc2ccc(F)cc2)CC1. The highest BCUT2D eigenvalue weighted by molar-refractivity contribution is 6.34. The molecule has 4 rings (SSSR count). The van der Waals surface area contributed by atoms with Gasteiger partial charge in [0.1, 0.15) is 5.82 Å². The number of piperazine rings is 1. The molecule has 2 aromatic carbocycles. The van der Waals surface area contributed by atoms with Gasteiger partial charge in [-0.15, -0.1) is 0 Å². The minimum absolute atomic E-state index is 0.136. The highest BCUT2D eigenvalue weighted by atomic mass is 35.5. The first kappa shape index (κ1) is 18.9. The van der Waals surface area contributed by atoms with Crippen LogP contribution in [0.2, 0.25) is 5.15 Å². The molecule has 1 aliphatic rings. The monoisotopic (exact) mass is 400 g/mol. The van der Waals surface area contributed by atoms with Gasteiger partial charge < -0.3 is 4.90 Å². The van der Waals surface area contributed by atoms with Crippen LogP contribution in [-0.2, 0) is 17.9 Å². The first-order valence-electron chi connectivity index (χ1n) is 9.46. The van der Waals surface area contributed by atoms with Crippen molar-refractivity contribution in [3.05, 3.63) is 65.1 Å². The largest absolute Gasteiger partial charge is 0.340 e. The van der Waals surface area contributed by atoms with Crippen LogP contribution in [0, 0.1) is 5.82 Å². The molecule has 0 spiro atoms. The van der Waals surface area contributed by atoms with Gasteiger partial charge in [0.15, 0.2) is 5.15 Å². The topological polar surface area (TPSA) is 41.4 Å². The van der Waals surface area contributed by atoms with E-state index in [-0.39, 0.29) is 11.7 Å². The molecule has 1 aliphatic heterocycles. The number of nitrogens with zero attached hydrogens (tertiary/aromatic N) is 4. The molecule has 1 saturated heterocycles. The predicted octanol–water partition coefficient (Wildman–Crippen LogP) is 3.56. The third kappa shape index (κ3) is 4.18. The lowest BCUT2D eigenvalue weighted by atomic mass is 10.2. The summed E-state index contributed by atoms with van der Waals surface area (Å²) in [6.45, 7) is 4.35. The average Bonchev–Trinajstić information content (AvgIpc) is 3.04. The first-order chi connectivity index (χ1) is 13.6. The lowest BCUT2D eigenvalue weighted by Gasteiger charge is -2.34. The van der Waals surface area contributed by atoms with Crippen LogP contribution in [0.1, 0.15) is 12.0 Å². The summed E-state index contributed by atoms with van der Waals surface area (Å²) >= 11 is 6.18. The molecule has 7 heteroatoms. The summed E-state index contributed by atoms with van der Waals surface area (Å²) < 4.78 is 14.8. The molecular formula is C21H22ClFN4O. The van der Waals surface area contributed by atoms with E-state index in [1.54, 1.807) is 4.68 Å². The quantitative estimate of drug-likeness (QED) is 0.657. The van der Waals surface area contributed by atoms with E-state index in [2.05, 4.69) is 10.00 Å². The second-order valence-electron chi connectivity index (χ2n) is 7.06. The molecule has 0 saturated carbocycles. The maximum absolute atomic E-state index is 13.0. The first-order valence-corrected chi connectivity index (χ1v) is 9.83. The molecule has 0 aliphatic carbocycles. The van der Waals surface area contributed by atoms with Crippen LogP contribution >= 0.6 is 11.6 Å². The summed E-state index contributed by atoms with van der Waals surface area (Å²) in [4.78, 5) is 16.8. The van der Waals surface area contributed by atoms with Gasteiger partial charge in [0.2, 0.25) is 5.91 Å². The molecule has 1 aromatic heterocycles. The van der Waals surface area contributed by atoms with Gasteiger partial charge in [-0.05, 0) is 29.8 Å². The summed E-state index contributed by atoms with van der Waals surface area (Å²) in [5.41, 5.74) is 2.04. The Balaban J connectivity index is 1.28. The molecule has 3 aromatic rings. The van der Waals surface area contributed by atoms with Crippen LogP contribution in [0.5, 0.6) is 0 Å². The van der Waals surface area contributed by atoms with Crippen molar-refractivity contribution in [2.75, 3.05) is 26.2 Å². The van der Waals surface area contributed by atoms with Gasteiger partial charge in [0.25, 0.3) is 0 Å². The van der Waals surface area contributed by atoms with Gasteiger partial charge in [-0.3, -0.25) is 14.4 Å². The molecule has 0 N–H and O–H groups in total. The number of halogens is 2. The van der Waals surface area contributed by atoms with E-state index in [1.807, 2.05) is 41.3 Å². The van der Waals surface area contributed by atoms with Crippen LogP contribution in [-0.4, -0.2) is 51.7 Å². The smallest absolute Gasteiger partial charge is 0.224 e. The number of amides is 1. The Morgan fingerprint density at radius 1 is 1.04 bits per heavy atom. The Hall–Kier alpha value is -2.44. The Morgan fingerprint density at radius 2 is 1.75 bits per heavy atom. The number of aromatic nitrogens is 2. The van der Waals surface area contributed by atoms with Crippen molar-refractivity contribution in [3.8, 4) is 0 Å². The molecule has 146 valence electrons. The number of carbonyl (C=O) groups excluding carboxylic acids is 1. The molecule has 2 heterocycles. The second-order valence-corrected chi connectivity index (χ2v) is 7.42. The number of hydrogen-bond donors (Lipinski definition) is 0. The zero-order valence-corrected chi connectivity index (χ0v) is 16.3. The number of rotatable bonds is 5.